The maximum atomic E-state index is 3.93. The number of aliphatic imine (C=N–C) groups is 1. The normalized spacial score (nSPS) is 11.6. The van der Waals surface area contributed by atoms with Gasteiger partial charge in [-0.2, -0.15) is 0 Å². The van der Waals surface area contributed by atoms with Gasteiger partial charge >= 0.3 is 0 Å². The molecule has 0 saturated carbocycles. The SMILES string of the molecule is C=NCCN(CC)CCCNCCNCCN(CCNC)CCNC. The Labute approximate surface area is 156 Å². The summed E-state index contributed by atoms with van der Waals surface area (Å²) in [5, 5.41) is 13.5. The van der Waals surface area contributed by atoms with Crippen molar-refractivity contribution in [3.8, 4) is 0 Å². The lowest BCUT2D eigenvalue weighted by atomic mass is 10.3. The highest BCUT2D eigenvalue weighted by Crippen LogP contribution is 1.90. The van der Waals surface area contributed by atoms with Crippen molar-refractivity contribution >= 4 is 6.72 Å². The summed E-state index contributed by atoms with van der Waals surface area (Å²) < 4.78 is 0. The number of likely N-dealkylation sites (N-methyl/N-ethyl adjacent to an activating group) is 3. The third kappa shape index (κ3) is 16.6. The molecule has 0 bridgehead atoms. The molecule has 0 fully saturated rings. The summed E-state index contributed by atoms with van der Waals surface area (Å²) in [6.45, 7) is 19.4. The van der Waals surface area contributed by atoms with Crippen LogP contribution in [0, 0.1) is 0 Å². The van der Waals surface area contributed by atoms with Crippen LogP contribution in [0.1, 0.15) is 13.3 Å². The predicted octanol–water partition coefficient (Wildman–Crippen LogP) is -0.681. The van der Waals surface area contributed by atoms with Crippen LogP contribution < -0.4 is 21.3 Å². The molecule has 0 aliphatic rings. The lowest BCUT2D eigenvalue weighted by Gasteiger charge is -2.22. The monoisotopic (exact) mass is 357 g/mol. The van der Waals surface area contributed by atoms with Crippen LogP contribution in [0.2, 0.25) is 0 Å². The van der Waals surface area contributed by atoms with Crippen LogP contribution in [0.25, 0.3) is 0 Å². The van der Waals surface area contributed by atoms with E-state index >= 15 is 0 Å². The Hall–Kier alpha value is -0.570. The van der Waals surface area contributed by atoms with Gasteiger partial charge in [0.1, 0.15) is 0 Å². The Morgan fingerprint density at radius 2 is 1.32 bits per heavy atom. The van der Waals surface area contributed by atoms with Gasteiger partial charge in [0.15, 0.2) is 0 Å². The molecule has 0 atom stereocenters. The second kappa shape index (κ2) is 19.8. The molecule has 0 heterocycles. The van der Waals surface area contributed by atoms with Crippen LogP contribution in [0.4, 0.5) is 0 Å². The molecule has 0 aliphatic carbocycles. The van der Waals surface area contributed by atoms with Crippen molar-refractivity contribution in [3.05, 3.63) is 0 Å². The van der Waals surface area contributed by atoms with Crippen molar-refractivity contribution in [2.24, 2.45) is 4.99 Å². The molecule has 7 nitrogen and oxygen atoms in total. The molecule has 0 spiro atoms. The minimum absolute atomic E-state index is 0.838. The molecule has 0 radical (unpaired) electrons. The highest BCUT2D eigenvalue weighted by atomic mass is 15.2. The molecule has 25 heavy (non-hydrogen) atoms. The first-order valence-corrected chi connectivity index (χ1v) is 9.86. The lowest BCUT2D eigenvalue weighted by molar-refractivity contribution is 0.276. The average molecular weight is 358 g/mol. The van der Waals surface area contributed by atoms with Gasteiger partial charge in [-0.1, -0.05) is 6.92 Å². The standard InChI is InChI=1S/C18H43N7/c1-5-24(15-10-19-2)14-6-7-22-8-9-23-13-18-25(16-11-20-3)17-12-21-4/h20-23H,2,5-18H2,1,3-4H3. The second-order valence-corrected chi connectivity index (χ2v) is 6.28. The van der Waals surface area contributed by atoms with E-state index in [9.17, 15) is 0 Å². The summed E-state index contributed by atoms with van der Waals surface area (Å²) in [7, 11) is 4.02. The Balaban J connectivity index is 3.50. The van der Waals surface area contributed by atoms with Crippen LogP contribution in [-0.2, 0) is 0 Å². The fraction of sp³-hybridized carbons (Fsp3) is 0.944. The van der Waals surface area contributed by atoms with E-state index in [1.165, 1.54) is 6.42 Å². The van der Waals surface area contributed by atoms with Crippen LogP contribution in [-0.4, -0.2) is 116 Å². The zero-order chi connectivity index (χ0) is 18.6. The van der Waals surface area contributed by atoms with E-state index in [0.29, 0.717) is 0 Å². The number of nitrogens with one attached hydrogen (secondary N) is 4. The quantitative estimate of drug-likeness (QED) is 0.171. The molecule has 4 N–H and O–H groups in total. The van der Waals surface area contributed by atoms with E-state index < -0.39 is 0 Å². The highest BCUT2D eigenvalue weighted by molar-refractivity contribution is 5.23. The van der Waals surface area contributed by atoms with Crippen LogP contribution >= 0.6 is 0 Å². The summed E-state index contributed by atoms with van der Waals surface area (Å²) in [4.78, 5) is 8.85. The van der Waals surface area contributed by atoms with Crippen LogP contribution in [0.15, 0.2) is 4.99 Å². The van der Waals surface area contributed by atoms with E-state index in [1.54, 1.807) is 0 Å². The summed E-state index contributed by atoms with van der Waals surface area (Å²) in [5.74, 6) is 0. The van der Waals surface area contributed by atoms with Gasteiger partial charge in [-0.3, -0.25) is 9.89 Å². The minimum atomic E-state index is 0.838. The molecule has 7 heteroatoms. The minimum Gasteiger partial charge on any atom is -0.318 e. The zero-order valence-corrected chi connectivity index (χ0v) is 16.9. The van der Waals surface area contributed by atoms with Crippen molar-refractivity contribution in [2.45, 2.75) is 13.3 Å². The van der Waals surface area contributed by atoms with E-state index in [1.807, 2.05) is 14.1 Å². The molecule has 0 aromatic rings. The van der Waals surface area contributed by atoms with Gasteiger partial charge in [-0.15, -0.1) is 0 Å². The Morgan fingerprint density at radius 3 is 1.88 bits per heavy atom. The van der Waals surface area contributed by atoms with Crippen molar-refractivity contribution in [3.63, 3.8) is 0 Å². The first-order valence-electron chi connectivity index (χ1n) is 9.86. The Morgan fingerprint density at radius 1 is 0.720 bits per heavy atom. The lowest BCUT2D eigenvalue weighted by Crippen LogP contribution is -2.40. The zero-order valence-electron chi connectivity index (χ0n) is 16.9. The molecule has 0 aromatic heterocycles. The first kappa shape index (κ1) is 24.4. The molecule has 0 rings (SSSR count). The van der Waals surface area contributed by atoms with Crippen LogP contribution in [0.5, 0.6) is 0 Å². The molecule has 0 aliphatic heterocycles. The Bertz CT molecular complexity index is 268. The summed E-state index contributed by atoms with van der Waals surface area (Å²) in [6, 6.07) is 0. The van der Waals surface area contributed by atoms with Gasteiger partial charge in [0, 0.05) is 58.9 Å². The molecule has 0 unspecified atom stereocenters. The smallest absolute Gasteiger partial charge is 0.0509 e. The van der Waals surface area contributed by atoms with Crippen molar-refractivity contribution in [2.75, 3.05) is 99.2 Å². The van der Waals surface area contributed by atoms with E-state index in [4.69, 9.17) is 0 Å². The number of rotatable bonds is 20. The highest BCUT2D eigenvalue weighted by Gasteiger charge is 2.03. The van der Waals surface area contributed by atoms with E-state index in [-0.39, 0.29) is 0 Å². The largest absolute Gasteiger partial charge is 0.318 e. The van der Waals surface area contributed by atoms with Crippen LogP contribution in [0.3, 0.4) is 0 Å². The Kier molecular flexibility index (Phi) is 19.3. The number of hydrogen-bond acceptors (Lipinski definition) is 7. The van der Waals surface area contributed by atoms with Crippen molar-refractivity contribution in [1.29, 1.82) is 0 Å². The van der Waals surface area contributed by atoms with E-state index in [0.717, 1.165) is 85.1 Å². The van der Waals surface area contributed by atoms with Gasteiger partial charge in [0.25, 0.3) is 0 Å². The van der Waals surface area contributed by atoms with Gasteiger partial charge in [0.2, 0.25) is 0 Å². The molecule has 0 amide bonds. The number of hydrogen-bond donors (Lipinski definition) is 4. The average Bonchev–Trinajstić information content (AvgIpc) is 2.64. The molecular weight excluding hydrogens is 314 g/mol. The summed E-state index contributed by atoms with van der Waals surface area (Å²) in [5.41, 5.74) is 0. The fourth-order valence-electron chi connectivity index (χ4n) is 2.61. The topological polar surface area (TPSA) is 67.0 Å². The predicted molar refractivity (Wildman–Crippen MR) is 111 cm³/mol. The molecule has 0 aromatic carbocycles. The third-order valence-electron chi connectivity index (χ3n) is 4.29. The van der Waals surface area contributed by atoms with Gasteiger partial charge in [-0.25, -0.2) is 0 Å². The second-order valence-electron chi connectivity index (χ2n) is 6.28. The van der Waals surface area contributed by atoms with Gasteiger partial charge in [0.05, 0.1) is 6.54 Å². The maximum Gasteiger partial charge on any atom is 0.0509 e. The number of nitrogens with zero attached hydrogens (tertiary/aromatic N) is 3. The summed E-state index contributed by atoms with van der Waals surface area (Å²) in [6.07, 6.45) is 1.19. The fourth-order valence-corrected chi connectivity index (χ4v) is 2.61. The molecule has 0 saturated heterocycles. The van der Waals surface area contributed by atoms with Crippen molar-refractivity contribution in [1.82, 2.24) is 31.1 Å². The van der Waals surface area contributed by atoms with E-state index in [2.05, 4.69) is 49.7 Å². The third-order valence-corrected chi connectivity index (χ3v) is 4.29. The molecular formula is C18H43N7. The summed E-state index contributed by atoms with van der Waals surface area (Å²) >= 11 is 0. The van der Waals surface area contributed by atoms with Gasteiger partial charge < -0.3 is 26.2 Å². The van der Waals surface area contributed by atoms with Crippen molar-refractivity contribution < 1.29 is 0 Å². The maximum absolute atomic E-state index is 3.93. The van der Waals surface area contributed by atoms with Gasteiger partial charge in [-0.05, 0) is 46.9 Å². The first-order chi connectivity index (χ1) is 12.3. The molecule has 150 valence electrons.